The zero-order valence-corrected chi connectivity index (χ0v) is 11.1. The van der Waals surface area contributed by atoms with Crippen LogP contribution in [0.2, 0.25) is 5.02 Å². The van der Waals surface area contributed by atoms with E-state index in [1.54, 1.807) is 0 Å². The van der Waals surface area contributed by atoms with E-state index in [0.29, 0.717) is 10.8 Å². The van der Waals surface area contributed by atoms with Gasteiger partial charge in [0.25, 0.3) is 0 Å². The molecule has 0 aliphatic heterocycles. The van der Waals surface area contributed by atoms with E-state index in [0.717, 1.165) is 6.54 Å². The third-order valence-corrected chi connectivity index (χ3v) is 2.91. The van der Waals surface area contributed by atoms with Crippen LogP contribution in [-0.4, -0.2) is 17.0 Å². The smallest absolute Gasteiger partial charge is 0.222 e. The predicted octanol–water partition coefficient (Wildman–Crippen LogP) is 2.66. The van der Waals surface area contributed by atoms with Crippen LogP contribution in [0.5, 0.6) is 0 Å². The van der Waals surface area contributed by atoms with E-state index in [2.05, 4.69) is 41.2 Å². The minimum atomic E-state index is 0.227. The average molecular weight is 263 g/mol. The van der Waals surface area contributed by atoms with E-state index in [9.17, 15) is 0 Å². The highest BCUT2D eigenvalue weighted by molar-refractivity contribution is 6.32. The van der Waals surface area contributed by atoms with Gasteiger partial charge in [-0.2, -0.15) is 4.98 Å². The maximum absolute atomic E-state index is 6.06. The number of hydrogen-bond acceptors (Lipinski definition) is 4. The van der Waals surface area contributed by atoms with Gasteiger partial charge in [0.15, 0.2) is 5.82 Å². The number of halogens is 1. The summed E-state index contributed by atoms with van der Waals surface area (Å²) in [6.07, 6.45) is 1.52. The summed E-state index contributed by atoms with van der Waals surface area (Å²) in [7, 11) is 1.92. The van der Waals surface area contributed by atoms with E-state index in [4.69, 9.17) is 17.3 Å². The number of nitrogens with zero attached hydrogens (tertiary/aromatic N) is 3. The van der Waals surface area contributed by atoms with Gasteiger partial charge in [-0.1, -0.05) is 41.4 Å². The van der Waals surface area contributed by atoms with Crippen molar-refractivity contribution in [3.63, 3.8) is 0 Å². The summed E-state index contributed by atoms with van der Waals surface area (Å²) in [6, 6.07) is 8.34. The highest BCUT2D eigenvalue weighted by atomic mass is 35.5. The molecule has 0 bridgehead atoms. The molecular weight excluding hydrogens is 248 g/mol. The molecule has 0 amide bonds. The quantitative estimate of drug-likeness (QED) is 0.924. The van der Waals surface area contributed by atoms with Crippen LogP contribution in [0.4, 0.5) is 11.8 Å². The topological polar surface area (TPSA) is 55.0 Å². The first-order valence-electron chi connectivity index (χ1n) is 5.61. The van der Waals surface area contributed by atoms with Gasteiger partial charge < -0.3 is 10.6 Å². The van der Waals surface area contributed by atoms with E-state index in [1.807, 2.05) is 11.9 Å². The monoisotopic (exact) mass is 262 g/mol. The van der Waals surface area contributed by atoms with Crippen molar-refractivity contribution >= 4 is 23.4 Å². The second-order valence-electron chi connectivity index (χ2n) is 4.24. The average Bonchev–Trinajstić information content (AvgIpc) is 2.35. The molecule has 1 aromatic carbocycles. The number of aryl methyl sites for hydroxylation is 1. The van der Waals surface area contributed by atoms with Gasteiger partial charge in [0, 0.05) is 13.6 Å². The molecule has 0 fully saturated rings. The third-order valence-electron chi connectivity index (χ3n) is 2.65. The summed E-state index contributed by atoms with van der Waals surface area (Å²) in [6.45, 7) is 2.78. The molecule has 0 spiro atoms. The first kappa shape index (κ1) is 12.6. The Labute approximate surface area is 111 Å². The largest absolute Gasteiger partial charge is 0.368 e. The molecule has 1 heterocycles. The van der Waals surface area contributed by atoms with Crippen LogP contribution in [0.25, 0.3) is 0 Å². The SMILES string of the molecule is Cc1ccc(CN(C)c2nc(N)ncc2Cl)cc1. The molecule has 0 radical (unpaired) electrons. The van der Waals surface area contributed by atoms with Crippen molar-refractivity contribution in [2.75, 3.05) is 17.7 Å². The highest BCUT2D eigenvalue weighted by Gasteiger charge is 2.09. The van der Waals surface area contributed by atoms with Crippen molar-refractivity contribution in [1.29, 1.82) is 0 Å². The molecule has 0 aliphatic carbocycles. The fourth-order valence-electron chi connectivity index (χ4n) is 1.68. The first-order valence-corrected chi connectivity index (χ1v) is 5.99. The van der Waals surface area contributed by atoms with Gasteiger partial charge in [-0.25, -0.2) is 4.98 Å². The van der Waals surface area contributed by atoms with Crippen LogP contribution in [0, 0.1) is 6.92 Å². The fourth-order valence-corrected chi connectivity index (χ4v) is 1.92. The highest BCUT2D eigenvalue weighted by Crippen LogP contribution is 2.23. The molecule has 94 valence electrons. The molecule has 18 heavy (non-hydrogen) atoms. The summed E-state index contributed by atoms with van der Waals surface area (Å²) in [5, 5.41) is 0.499. The molecule has 0 saturated carbocycles. The van der Waals surface area contributed by atoms with Crippen molar-refractivity contribution in [3.8, 4) is 0 Å². The zero-order chi connectivity index (χ0) is 13.1. The molecule has 2 N–H and O–H groups in total. The Bertz CT molecular complexity index is 539. The molecule has 1 aromatic heterocycles. The maximum Gasteiger partial charge on any atom is 0.222 e. The number of anilines is 2. The normalized spacial score (nSPS) is 10.4. The van der Waals surface area contributed by atoms with Crippen molar-refractivity contribution in [2.45, 2.75) is 13.5 Å². The Balaban J connectivity index is 2.18. The standard InChI is InChI=1S/C13H15ClN4/c1-9-3-5-10(6-4-9)8-18(2)12-11(14)7-16-13(15)17-12/h3-7H,8H2,1-2H3,(H2,15,16,17). The van der Waals surface area contributed by atoms with Gasteiger partial charge in [-0.05, 0) is 12.5 Å². The molecule has 5 heteroatoms. The summed E-state index contributed by atoms with van der Waals surface area (Å²) in [5.41, 5.74) is 8.00. The maximum atomic E-state index is 6.06. The van der Waals surface area contributed by atoms with Crippen LogP contribution in [0.15, 0.2) is 30.5 Å². The lowest BCUT2D eigenvalue weighted by atomic mass is 10.1. The van der Waals surface area contributed by atoms with E-state index < -0.39 is 0 Å². The number of benzene rings is 1. The lowest BCUT2D eigenvalue weighted by molar-refractivity contribution is 0.893. The molecule has 0 unspecified atom stereocenters. The summed E-state index contributed by atoms with van der Waals surface area (Å²) in [5.74, 6) is 0.870. The molecule has 0 saturated heterocycles. The van der Waals surface area contributed by atoms with E-state index >= 15 is 0 Å². The third kappa shape index (κ3) is 2.90. The van der Waals surface area contributed by atoms with Crippen molar-refractivity contribution in [3.05, 3.63) is 46.6 Å². The second kappa shape index (κ2) is 5.23. The Morgan fingerprint density at radius 2 is 1.94 bits per heavy atom. The molecule has 2 aromatic rings. The van der Waals surface area contributed by atoms with Crippen LogP contribution in [-0.2, 0) is 6.54 Å². The lowest BCUT2D eigenvalue weighted by Gasteiger charge is -2.19. The van der Waals surface area contributed by atoms with Gasteiger partial charge in [0.2, 0.25) is 5.95 Å². The van der Waals surface area contributed by atoms with Gasteiger partial charge >= 0.3 is 0 Å². The summed E-state index contributed by atoms with van der Waals surface area (Å²) >= 11 is 6.06. The predicted molar refractivity (Wildman–Crippen MR) is 74.7 cm³/mol. The minimum Gasteiger partial charge on any atom is -0.368 e. The number of rotatable bonds is 3. The summed E-state index contributed by atoms with van der Waals surface area (Å²) < 4.78 is 0. The second-order valence-corrected chi connectivity index (χ2v) is 4.65. The van der Waals surface area contributed by atoms with Gasteiger partial charge in [-0.15, -0.1) is 0 Å². The zero-order valence-electron chi connectivity index (χ0n) is 10.4. The molecular formula is C13H15ClN4. The van der Waals surface area contributed by atoms with Crippen molar-refractivity contribution in [2.24, 2.45) is 0 Å². The van der Waals surface area contributed by atoms with Gasteiger partial charge in [0.1, 0.15) is 5.02 Å². The van der Waals surface area contributed by atoms with Crippen LogP contribution >= 0.6 is 11.6 Å². The Kier molecular flexibility index (Phi) is 3.67. The van der Waals surface area contributed by atoms with E-state index in [1.165, 1.54) is 17.3 Å². The Hall–Kier alpha value is -1.81. The Morgan fingerprint density at radius 1 is 1.28 bits per heavy atom. The number of hydrogen-bond donors (Lipinski definition) is 1. The fraction of sp³-hybridized carbons (Fsp3) is 0.231. The van der Waals surface area contributed by atoms with Crippen LogP contribution in [0.3, 0.4) is 0 Å². The number of nitrogens with two attached hydrogens (primary N) is 1. The lowest BCUT2D eigenvalue weighted by Crippen LogP contribution is -2.19. The number of nitrogen functional groups attached to an aromatic ring is 1. The molecule has 0 aliphatic rings. The van der Waals surface area contributed by atoms with Gasteiger partial charge in [-0.3, -0.25) is 0 Å². The Morgan fingerprint density at radius 3 is 2.61 bits per heavy atom. The van der Waals surface area contributed by atoms with Crippen molar-refractivity contribution in [1.82, 2.24) is 9.97 Å². The van der Waals surface area contributed by atoms with Crippen LogP contribution in [0.1, 0.15) is 11.1 Å². The molecule has 2 rings (SSSR count). The summed E-state index contributed by atoms with van der Waals surface area (Å²) in [4.78, 5) is 9.94. The van der Waals surface area contributed by atoms with E-state index in [-0.39, 0.29) is 5.95 Å². The minimum absolute atomic E-state index is 0.227. The molecule has 4 nitrogen and oxygen atoms in total. The number of aromatic nitrogens is 2. The van der Waals surface area contributed by atoms with Crippen LogP contribution < -0.4 is 10.6 Å². The first-order chi connectivity index (χ1) is 8.56. The van der Waals surface area contributed by atoms with Gasteiger partial charge in [0.05, 0.1) is 6.20 Å². The van der Waals surface area contributed by atoms with Crippen molar-refractivity contribution < 1.29 is 0 Å². The molecule has 0 atom stereocenters.